The van der Waals surface area contributed by atoms with Gasteiger partial charge >= 0.3 is 0 Å². The number of likely N-dealkylation sites (N-methyl/N-ethyl adjacent to an activating group) is 1. The zero-order valence-electron chi connectivity index (χ0n) is 12.5. The van der Waals surface area contributed by atoms with Gasteiger partial charge in [0.2, 0.25) is 0 Å². The number of carbonyl (C=O) groups excluding carboxylic acids is 1. The molecule has 1 amide bonds. The Hall–Kier alpha value is -1.35. The van der Waals surface area contributed by atoms with E-state index in [4.69, 9.17) is 5.11 Å². The summed E-state index contributed by atoms with van der Waals surface area (Å²) in [6.45, 7) is 4.80. The first-order valence-corrected chi connectivity index (χ1v) is 7.38. The molecule has 20 heavy (non-hydrogen) atoms. The molecular formula is C15H22N2O2S. The van der Waals surface area contributed by atoms with Crippen molar-refractivity contribution in [1.82, 2.24) is 10.2 Å². The third-order valence-corrected chi connectivity index (χ3v) is 4.05. The molecule has 110 valence electrons. The fourth-order valence-electron chi connectivity index (χ4n) is 1.28. The Labute approximate surface area is 124 Å². The van der Waals surface area contributed by atoms with Crippen LogP contribution in [0.5, 0.6) is 0 Å². The average Bonchev–Trinajstić information content (AvgIpc) is 2.85. The second-order valence-corrected chi connectivity index (χ2v) is 6.28. The topological polar surface area (TPSA) is 52.6 Å². The van der Waals surface area contributed by atoms with Crippen LogP contribution in [0.25, 0.3) is 0 Å². The van der Waals surface area contributed by atoms with E-state index >= 15 is 0 Å². The molecule has 0 bridgehead atoms. The molecule has 1 rings (SSSR count). The maximum absolute atomic E-state index is 12.0. The minimum absolute atomic E-state index is 0.0608. The first-order chi connectivity index (χ1) is 9.36. The molecule has 2 N–H and O–H groups in total. The molecule has 0 saturated heterocycles. The number of hydrogen-bond acceptors (Lipinski definition) is 4. The monoisotopic (exact) mass is 294 g/mol. The van der Waals surface area contributed by atoms with Gasteiger partial charge in [-0.3, -0.25) is 4.79 Å². The van der Waals surface area contributed by atoms with Gasteiger partial charge in [-0.25, -0.2) is 0 Å². The summed E-state index contributed by atoms with van der Waals surface area (Å²) in [7, 11) is 3.98. The molecule has 5 heteroatoms. The van der Waals surface area contributed by atoms with Crippen LogP contribution in [0.3, 0.4) is 0 Å². The largest absolute Gasteiger partial charge is 0.395 e. The van der Waals surface area contributed by atoms with Crippen molar-refractivity contribution in [2.24, 2.45) is 0 Å². The highest BCUT2D eigenvalue weighted by atomic mass is 32.1. The van der Waals surface area contributed by atoms with Crippen molar-refractivity contribution in [2.45, 2.75) is 25.8 Å². The van der Waals surface area contributed by atoms with Crippen molar-refractivity contribution in [3.63, 3.8) is 0 Å². The lowest BCUT2D eigenvalue weighted by atomic mass is 10.0. The van der Waals surface area contributed by atoms with Gasteiger partial charge < -0.3 is 15.3 Å². The molecule has 1 aromatic heterocycles. The van der Waals surface area contributed by atoms with E-state index in [1.54, 1.807) is 11.4 Å². The van der Waals surface area contributed by atoms with Gasteiger partial charge in [-0.15, -0.1) is 11.3 Å². The second-order valence-electron chi connectivity index (χ2n) is 5.36. The third-order valence-electron chi connectivity index (χ3n) is 3.20. The zero-order valence-corrected chi connectivity index (χ0v) is 13.3. The summed E-state index contributed by atoms with van der Waals surface area (Å²) < 4.78 is 0. The molecule has 0 saturated carbocycles. The molecule has 0 atom stereocenters. The number of hydrogen-bond donors (Lipinski definition) is 2. The highest BCUT2D eigenvalue weighted by Gasteiger charge is 2.21. The number of rotatable bonds is 5. The lowest BCUT2D eigenvalue weighted by Crippen LogP contribution is -2.48. The molecule has 0 aliphatic carbocycles. The van der Waals surface area contributed by atoms with Crippen LogP contribution in [-0.4, -0.2) is 48.7 Å². The van der Waals surface area contributed by atoms with Crippen molar-refractivity contribution in [3.05, 3.63) is 21.9 Å². The van der Waals surface area contributed by atoms with Crippen LogP contribution in [0.1, 0.15) is 35.5 Å². The highest BCUT2D eigenvalue weighted by Crippen LogP contribution is 2.14. The van der Waals surface area contributed by atoms with Crippen molar-refractivity contribution in [2.75, 3.05) is 27.2 Å². The number of carbonyl (C=O) groups is 1. The van der Waals surface area contributed by atoms with Crippen LogP contribution in [0, 0.1) is 11.8 Å². The van der Waals surface area contributed by atoms with Gasteiger partial charge in [-0.1, -0.05) is 11.8 Å². The Balaban J connectivity index is 2.59. The summed E-state index contributed by atoms with van der Waals surface area (Å²) in [5, 5.41) is 13.4. The third kappa shape index (κ3) is 4.97. The van der Waals surface area contributed by atoms with Gasteiger partial charge in [0.05, 0.1) is 17.0 Å². The number of aliphatic hydroxyl groups is 1. The smallest absolute Gasteiger partial charge is 0.252 e. The Morgan fingerprint density at radius 2 is 2.20 bits per heavy atom. The molecule has 1 aromatic rings. The van der Waals surface area contributed by atoms with Crippen LogP contribution in [0.15, 0.2) is 11.4 Å². The molecule has 0 aromatic carbocycles. The second kappa shape index (κ2) is 7.44. The van der Waals surface area contributed by atoms with Gasteiger partial charge in [0.25, 0.3) is 5.91 Å². The Morgan fingerprint density at radius 3 is 2.80 bits per heavy atom. The number of amides is 1. The Morgan fingerprint density at radius 1 is 1.50 bits per heavy atom. The highest BCUT2D eigenvalue weighted by molar-refractivity contribution is 7.10. The maximum Gasteiger partial charge on any atom is 0.252 e. The van der Waals surface area contributed by atoms with Crippen molar-refractivity contribution in [3.8, 4) is 11.8 Å². The summed E-state index contributed by atoms with van der Waals surface area (Å²) >= 11 is 1.44. The minimum Gasteiger partial charge on any atom is -0.395 e. The lowest BCUT2D eigenvalue weighted by molar-refractivity contribution is 0.0920. The number of nitrogens with zero attached hydrogens (tertiary/aromatic N) is 1. The fourth-order valence-corrected chi connectivity index (χ4v) is 2.04. The van der Waals surface area contributed by atoms with Gasteiger partial charge in [0.1, 0.15) is 0 Å². The van der Waals surface area contributed by atoms with Gasteiger partial charge in [0.15, 0.2) is 0 Å². The van der Waals surface area contributed by atoms with Gasteiger partial charge in [-0.2, -0.15) is 0 Å². The molecule has 0 spiro atoms. The summed E-state index contributed by atoms with van der Waals surface area (Å²) in [6.07, 6.45) is 0.455. The van der Waals surface area contributed by atoms with Crippen LogP contribution in [0.2, 0.25) is 0 Å². The van der Waals surface area contributed by atoms with Gasteiger partial charge in [-0.05, 0) is 34.0 Å². The summed E-state index contributed by atoms with van der Waals surface area (Å²) in [6, 6.07) is 1.78. The standard InChI is InChI=1S/C15H22N2O2S/c1-15(2,17(3)4)11-16-14(19)12-9-13(20-10-12)7-5-6-8-18/h9-10,18H,6,8,11H2,1-4H3,(H,16,19). The Bertz CT molecular complexity index is 509. The van der Waals surface area contributed by atoms with Crippen LogP contribution >= 0.6 is 11.3 Å². The van der Waals surface area contributed by atoms with E-state index in [1.807, 2.05) is 14.1 Å². The first-order valence-electron chi connectivity index (χ1n) is 6.50. The Kier molecular flexibility index (Phi) is 6.21. The molecule has 0 radical (unpaired) electrons. The average molecular weight is 294 g/mol. The molecule has 0 fully saturated rings. The normalized spacial score (nSPS) is 11.1. The van der Waals surface area contributed by atoms with Crippen molar-refractivity contribution < 1.29 is 9.90 Å². The summed E-state index contributed by atoms with van der Waals surface area (Å²) in [5.74, 6) is 5.70. The SMILES string of the molecule is CN(C)C(C)(C)CNC(=O)c1csc(C#CCCO)c1. The van der Waals surface area contributed by atoms with E-state index in [0.29, 0.717) is 18.5 Å². The van der Waals surface area contributed by atoms with Crippen LogP contribution in [-0.2, 0) is 0 Å². The van der Waals surface area contributed by atoms with Crippen molar-refractivity contribution >= 4 is 17.2 Å². The van der Waals surface area contributed by atoms with Crippen molar-refractivity contribution in [1.29, 1.82) is 0 Å². The number of aliphatic hydroxyl groups excluding tert-OH is 1. The lowest BCUT2D eigenvalue weighted by Gasteiger charge is -2.32. The van der Waals surface area contributed by atoms with Crippen LogP contribution < -0.4 is 5.32 Å². The number of thiophene rings is 1. The van der Waals surface area contributed by atoms with E-state index < -0.39 is 0 Å². The molecule has 0 aliphatic rings. The number of nitrogens with one attached hydrogen (secondary N) is 1. The molecule has 4 nitrogen and oxygen atoms in total. The molecule has 0 aliphatic heterocycles. The molecular weight excluding hydrogens is 272 g/mol. The molecule has 1 heterocycles. The zero-order chi connectivity index (χ0) is 15.2. The predicted octanol–water partition coefficient (Wildman–Crippen LogP) is 1.55. The molecule has 0 unspecified atom stereocenters. The summed E-state index contributed by atoms with van der Waals surface area (Å²) in [5.41, 5.74) is 0.549. The maximum atomic E-state index is 12.0. The van der Waals surface area contributed by atoms with E-state index in [2.05, 4.69) is 35.9 Å². The summed E-state index contributed by atoms with van der Waals surface area (Å²) in [4.78, 5) is 15.0. The van der Waals surface area contributed by atoms with Crippen LogP contribution in [0.4, 0.5) is 0 Å². The van der Waals surface area contributed by atoms with E-state index in [-0.39, 0.29) is 18.1 Å². The van der Waals surface area contributed by atoms with E-state index in [0.717, 1.165) is 4.88 Å². The van der Waals surface area contributed by atoms with E-state index in [9.17, 15) is 4.79 Å². The van der Waals surface area contributed by atoms with Gasteiger partial charge in [0, 0.05) is 23.9 Å². The van der Waals surface area contributed by atoms with E-state index in [1.165, 1.54) is 11.3 Å². The predicted molar refractivity (Wildman–Crippen MR) is 83.0 cm³/mol. The first kappa shape index (κ1) is 16.7. The minimum atomic E-state index is -0.0879. The quantitative estimate of drug-likeness (QED) is 0.810. The fraction of sp³-hybridized carbons (Fsp3) is 0.533.